The molecule has 0 bridgehead atoms. The molecule has 0 saturated carbocycles. The van der Waals surface area contributed by atoms with Gasteiger partial charge >= 0.3 is 0 Å². The first kappa shape index (κ1) is 12.1. The molecule has 0 unspecified atom stereocenters. The second-order valence-corrected chi connectivity index (χ2v) is 4.79. The number of rotatable bonds is 3. The molecule has 2 aromatic carbocycles. The third kappa shape index (κ3) is 2.71. The van der Waals surface area contributed by atoms with E-state index in [4.69, 9.17) is 9.47 Å². The van der Waals surface area contributed by atoms with Crippen molar-refractivity contribution in [2.24, 2.45) is 0 Å². The maximum Gasteiger partial charge on any atom is 0.161 e. The van der Waals surface area contributed by atoms with E-state index in [1.54, 1.807) is 0 Å². The summed E-state index contributed by atoms with van der Waals surface area (Å²) in [6, 6.07) is 16.8. The Morgan fingerprint density at radius 3 is 2.47 bits per heavy atom. The summed E-state index contributed by atoms with van der Waals surface area (Å²) < 4.78 is 11.1. The van der Waals surface area contributed by atoms with Crippen LogP contribution in [0.1, 0.15) is 17.2 Å². The Hall–Kier alpha value is -2.00. The van der Waals surface area contributed by atoms with Crippen LogP contribution in [0.25, 0.3) is 0 Å². The van der Waals surface area contributed by atoms with E-state index in [-0.39, 0.29) is 6.04 Å². The monoisotopic (exact) mass is 256 g/mol. The van der Waals surface area contributed by atoms with Crippen LogP contribution in [0.5, 0.6) is 11.5 Å². The minimum absolute atomic E-state index is 0.221. The molecule has 0 aromatic heterocycles. The van der Waals surface area contributed by atoms with Crippen molar-refractivity contribution in [2.45, 2.75) is 12.5 Å². The molecule has 1 aliphatic heterocycles. The maximum absolute atomic E-state index is 5.61. The predicted octanol–water partition coefficient (Wildman–Crippen LogP) is 1.98. The van der Waals surface area contributed by atoms with E-state index in [2.05, 4.69) is 42.1 Å². The zero-order valence-electron chi connectivity index (χ0n) is 10.8. The number of ether oxygens (including phenoxy) is 2. The molecule has 0 saturated heterocycles. The van der Waals surface area contributed by atoms with Crippen molar-refractivity contribution in [1.82, 2.24) is 0 Å². The number of fused-ring (bicyclic) bond motifs is 1. The summed E-state index contributed by atoms with van der Waals surface area (Å²) >= 11 is 0. The van der Waals surface area contributed by atoms with Crippen LogP contribution in [0.3, 0.4) is 0 Å². The van der Waals surface area contributed by atoms with Gasteiger partial charge in [0, 0.05) is 12.0 Å². The zero-order chi connectivity index (χ0) is 13.1. The largest absolute Gasteiger partial charge is 0.486 e. The van der Waals surface area contributed by atoms with Gasteiger partial charge in [-0.05, 0) is 23.8 Å². The van der Waals surface area contributed by atoms with Gasteiger partial charge in [0.25, 0.3) is 0 Å². The van der Waals surface area contributed by atoms with Crippen molar-refractivity contribution >= 4 is 0 Å². The van der Waals surface area contributed by atoms with Crippen LogP contribution in [0.4, 0.5) is 0 Å². The van der Waals surface area contributed by atoms with Gasteiger partial charge in [-0.3, -0.25) is 0 Å². The normalized spacial score (nSPS) is 15.0. The molecule has 1 heterocycles. The summed E-state index contributed by atoms with van der Waals surface area (Å²) in [5, 5.41) is 0. The molecular weight excluding hydrogens is 238 g/mol. The molecule has 98 valence electrons. The van der Waals surface area contributed by atoms with E-state index >= 15 is 0 Å². The molecule has 3 nitrogen and oxygen atoms in total. The van der Waals surface area contributed by atoms with Crippen molar-refractivity contribution < 1.29 is 15.2 Å². The second-order valence-electron chi connectivity index (χ2n) is 4.79. The molecular formula is C16H18NO2+. The molecule has 0 radical (unpaired) electrons. The Morgan fingerprint density at radius 2 is 1.68 bits per heavy atom. The van der Waals surface area contributed by atoms with E-state index in [9.17, 15) is 0 Å². The highest BCUT2D eigenvalue weighted by Crippen LogP contribution is 2.32. The first-order valence-electron chi connectivity index (χ1n) is 6.59. The smallest absolute Gasteiger partial charge is 0.161 e. The number of hydrogen-bond acceptors (Lipinski definition) is 2. The van der Waals surface area contributed by atoms with Crippen LogP contribution in [-0.2, 0) is 6.42 Å². The highest BCUT2D eigenvalue weighted by Gasteiger charge is 2.16. The average Bonchev–Trinajstić information content (AvgIpc) is 2.48. The molecule has 0 aliphatic carbocycles. The van der Waals surface area contributed by atoms with Crippen LogP contribution >= 0.6 is 0 Å². The lowest BCUT2D eigenvalue weighted by Gasteiger charge is -2.19. The minimum Gasteiger partial charge on any atom is -0.486 e. The molecule has 0 fully saturated rings. The van der Waals surface area contributed by atoms with Crippen molar-refractivity contribution in [3.8, 4) is 11.5 Å². The Balaban J connectivity index is 1.78. The van der Waals surface area contributed by atoms with E-state index < -0.39 is 0 Å². The topological polar surface area (TPSA) is 46.1 Å². The maximum atomic E-state index is 5.61. The Morgan fingerprint density at radius 1 is 0.947 bits per heavy atom. The number of quaternary nitrogens is 1. The lowest BCUT2D eigenvalue weighted by Crippen LogP contribution is -2.54. The quantitative estimate of drug-likeness (QED) is 0.912. The second kappa shape index (κ2) is 5.33. The van der Waals surface area contributed by atoms with E-state index in [0.717, 1.165) is 17.9 Å². The standard InChI is InChI=1S/C16H17NO2/c17-14(10-12-4-2-1-3-5-12)13-6-7-15-16(11-13)19-9-8-18-15/h1-7,11,14H,8-10,17H2/p+1/t14-/m0/s1. The zero-order valence-corrected chi connectivity index (χ0v) is 10.8. The predicted molar refractivity (Wildman–Crippen MR) is 73.2 cm³/mol. The van der Waals surface area contributed by atoms with Gasteiger partial charge in [-0.2, -0.15) is 0 Å². The van der Waals surface area contributed by atoms with Crippen molar-refractivity contribution in [3.63, 3.8) is 0 Å². The molecule has 3 heteroatoms. The highest BCUT2D eigenvalue weighted by molar-refractivity contribution is 5.44. The van der Waals surface area contributed by atoms with Crippen molar-refractivity contribution in [3.05, 3.63) is 59.7 Å². The summed E-state index contributed by atoms with van der Waals surface area (Å²) in [6.07, 6.45) is 0.931. The van der Waals surface area contributed by atoms with Crippen LogP contribution in [0.15, 0.2) is 48.5 Å². The van der Waals surface area contributed by atoms with Crippen LogP contribution in [0.2, 0.25) is 0 Å². The van der Waals surface area contributed by atoms with Gasteiger partial charge in [0.15, 0.2) is 11.5 Å². The van der Waals surface area contributed by atoms with Gasteiger partial charge < -0.3 is 15.2 Å². The van der Waals surface area contributed by atoms with Crippen LogP contribution < -0.4 is 15.2 Å². The Labute approximate surface area is 113 Å². The third-order valence-corrected chi connectivity index (χ3v) is 3.36. The summed E-state index contributed by atoms with van der Waals surface area (Å²) in [7, 11) is 0. The fourth-order valence-corrected chi connectivity index (χ4v) is 2.33. The third-order valence-electron chi connectivity index (χ3n) is 3.36. The van der Waals surface area contributed by atoms with Gasteiger partial charge in [0.1, 0.15) is 19.3 Å². The average molecular weight is 256 g/mol. The van der Waals surface area contributed by atoms with E-state index in [1.165, 1.54) is 11.1 Å². The van der Waals surface area contributed by atoms with E-state index in [0.29, 0.717) is 13.2 Å². The molecule has 0 amide bonds. The highest BCUT2D eigenvalue weighted by atomic mass is 16.6. The fourth-order valence-electron chi connectivity index (χ4n) is 2.33. The van der Waals surface area contributed by atoms with Gasteiger partial charge in [-0.1, -0.05) is 30.3 Å². The van der Waals surface area contributed by atoms with Gasteiger partial charge in [-0.25, -0.2) is 0 Å². The van der Waals surface area contributed by atoms with Crippen molar-refractivity contribution in [2.75, 3.05) is 13.2 Å². The molecule has 3 N–H and O–H groups in total. The Kier molecular flexibility index (Phi) is 3.38. The summed E-state index contributed by atoms with van der Waals surface area (Å²) in [5.74, 6) is 1.67. The molecule has 2 aromatic rings. The van der Waals surface area contributed by atoms with Crippen molar-refractivity contribution in [1.29, 1.82) is 0 Å². The molecule has 3 rings (SSSR count). The van der Waals surface area contributed by atoms with Gasteiger partial charge in [0.05, 0.1) is 0 Å². The van der Waals surface area contributed by atoms with Crippen LogP contribution in [0, 0.1) is 0 Å². The first-order valence-corrected chi connectivity index (χ1v) is 6.59. The van der Waals surface area contributed by atoms with Gasteiger partial charge in [-0.15, -0.1) is 0 Å². The van der Waals surface area contributed by atoms with Crippen LogP contribution in [-0.4, -0.2) is 13.2 Å². The Bertz CT molecular complexity index is 554. The number of benzene rings is 2. The molecule has 0 spiro atoms. The van der Waals surface area contributed by atoms with Gasteiger partial charge in [0.2, 0.25) is 0 Å². The lowest BCUT2D eigenvalue weighted by atomic mass is 9.99. The summed E-state index contributed by atoms with van der Waals surface area (Å²) in [6.45, 7) is 1.25. The fraction of sp³-hybridized carbons (Fsp3) is 0.250. The lowest BCUT2D eigenvalue weighted by molar-refractivity contribution is -0.426. The minimum atomic E-state index is 0.221. The number of hydrogen-bond donors (Lipinski definition) is 1. The summed E-state index contributed by atoms with van der Waals surface area (Å²) in [4.78, 5) is 0. The first-order chi connectivity index (χ1) is 9.33. The molecule has 1 atom stereocenters. The van der Waals surface area contributed by atoms with E-state index in [1.807, 2.05) is 12.1 Å². The molecule has 1 aliphatic rings. The summed E-state index contributed by atoms with van der Waals surface area (Å²) in [5.41, 5.74) is 6.75. The SMILES string of the molecule is [NH3+][C@@H](Cc1ccccc1)c1ccc2c(c1)OCCO2. The molecule has 19 heavy (non-hydrogen) atoms.